The molecule has 0 spiro atoms. The second-order valence-corrected chi connectivity index (χ2v) is 7.58. The van der Waals surface area contributed by atoms with Gasteiger partial charge in [-0.2, -0.15) is 13.2 Å². The summed E-state index contributed by atoms with van der Waals surface area (Å²) < 4.78 is 36.4. The summed E-state index contributed by atoms with van der Waals surface area (Å²) in [6, 6.07) is -0.618. The predicted molar refractivity (Wildman–Crippen MR) is 81.6 cm³/mol. The Balaban J connectivity index is 2.36. The number of nitrogens with zero attached hydrogens (tertiary/aromatic N) is 2. The minimum Gasteiger partial charge on any atom is -0.351 e. The van der Waals surface area contributed by atoms with Gasteiger partial charge in [-0.3, -0.25) is 10.1 Å². The molecule has 3 amide bonds. The summed E-state index contributed by atoms with van der Waals surface area (Å²) in [5.74, 6) is -0.650. The summed E-state index contributed by atoms with van der Waals surface area (Å²) in [7, 11) is 0. The monoisotopic (exact) mass is 371 g/mol. The van der Waals surface area contributed by atoms with Gasteiger partial charge in [0.05, 0.1) is 5.75 Å². The Morgan fingerprint density at radius 3 is 2.43 bits per heavy atom. The fourth-order valence-electron chi connectivity index (χ4n) is 1.18. The maximum atomic E-state index is 12.0. The highest BCUT2D eigenvalue weighted by Gasteiger charge is 2.27. The Morgan fingerprint density at radius 2 is 1.87 bits per heavy atom. The number of rotatable bonds is 5. The molecule has 1 rings (SSSR count). The standard InChI is InChI=1S/C11H16F3N5O2S2/c1-10(2,3)17-7(21)16-6(20)4-22-9-19-18-8(23-9)15-5-11(12,13)14/h4-5H2,1-3H3,(H,15,18)(H2,16,17,20,21). The summed E-state index contributed by atoms with van der Waals surface area (Å²) in [5, 5.41) is 14.0. The van der Waals surface area contributed by atoms with Crippen LogP contribution >= 0.6 is 23.1 Å². The van der Waals surface area contributed by atoms with Gasteiger partial charge in [-0.05, 0) is 20.8 Å². The first-order valence-electron chi connectivity index (χ1n) is 6.33. The van der Waals surface area contributed by atoms with E-state index in [-0.39, 0.29) is 10.9 Å². The maximum absolute atomic E-state index is 12.0. The number of hydrogen-bond acceptors (Lipinski definition) is 7. The highest BCUT2D eigenvalue weighted by molar-refractivity contribution is 8.01. The molecule has 0 unspecified atom stereocenters. The third-order valence-electron chi connectivity index (χ3n) is 1.91. The van der Waals surface area contributed by atoms with Crippen molar-refractivity contribution >= 4 is 40.2 Å². The van der Waals surface area contributed by atoms with E-state index in [1.165, 1.54) is 0 Å². The highest BCUT2D eigenvalue weighted by atomic mass is 32.2. The highest BCUT2D eigenvalue weighted by Crippen LogP contribution is 2.26. The number of halogens is 3. The van der Waals surface area contributed by atoms with Gasteiger partial charge >= 0.3 is 12.2 Å². The molecule has 0 atom stereocenters. The van der Waals surface area contributed by atoms with Crippen LogP contribution in [0.2, 0.25) is 0 Å². The number of carbonyl (C=O) groups is 2. The van der Waals surface area contributed by atoms with E-state index in [9.17, 15) is 22.8 Å². The maximum Gasteiger partial charge on any atom is 0.405 e. The lowest BCUT2D eigenvalue weighted by Crippen LogP contribution is -2.48. The van der Waals surface area contributed by atoms with Crippen LogP contribution in [0.25, 0.3) is 0 Å². The third kappa shape index (κ3) is 9.23. The number of imide groups is 1. The fraction of sp³-hybridized carbons (Fsp3) is 0.636. The van der Waals surface area contributed by atoms with Gasteiger partial charge in [-0.1, -0.05) is 23.1 Å². The fourth-order valence-corrected chi connectivity index (χ4v) is 2.72. The lowest BCUT2D eigenvalue weighted by Gasteiger charge is -2.20. The molecule has 7 nitrogen and oxygen atoms in total. The van der Waals surface area contributed by atoms with E-state index in [1.54, 1.807) is 20.8 Å². The summed E-state index contributed by atoms with van der Waals surface area (Å²) >= 11 is 1.87. The predicted octanol–water partition coefficient (Wildman–Crippen LogP) is 2.23. The molecule has 0 bridgehead atoms. The van der Waals surface area contributed by atoms with Gasteiger partial charge in [0, 0.05) is 5.54 Å². The van der Waals surface area contributed by atoms with Gasteiger partial charge in [-0.25, -0.2) is 4.79 Å². The number of thioether (sulfide) groups is 1. The molecule has 12 heteroatoms. The van der Waals surface area contributed by atoms with Crippen molar-refractivity contribution in [1.29, 1.82) is 0 Å². The molecule has 1 heterocycles. The van der Waals surface area contributed by atoms with E-state index in [0.717, 1.165) is 23.1 Å². The number of amides is 3. The Kier molecular flexibility index (Phi) is 6.62. The van der Waals surface area contributed by atoms with Crippen molar-refractivity contribution in [3.8, 4) is 0 Å². The molecule has 0 fully saturated rings. The number of hydrogen-bond donors (Lipinski definition) is 3. The van der Waals surface area contributed by atoms with E-state index in [0.29, 0.717) is 4.34 Å². The van der Waals surface area contributed by atoms with Gasteiger partial charge < -0.3 is 10.6 Å². The van der Waals surface area contributed by atoms with Crippen LogP contribution in [0.5, 0.6) is 0 Å². The minimum atomic E-state index is -4.35. The van der Waals surface area contributed by atoms with Gasteiger partial charge in [0.15, 0.2) is 4.34 Å². The van der Waals surface area contributed by atoms with Crippen molar-refractivity contribution < 1.29 is 22.8 Å². The van der Waals surface area contributed by atoms with E-state index < -0.39 is 30.2 Å². The van der Waals surface area contributed by atoms with E-state index in [2.05, 4.69) is 26.1 Å². The molecule has 0 radical (unpaired) electrons. The Hall–Kier alpha value is -1.56. The molecule has 0 saturated heterocycles. The average molecular weight is 371 g/mol. The van der Waals surface area contributed by atoms with Crippen LogP contribution in [0, 0.1) is 0 Å². The third-order valence-corrected chi connectivity index (χ3v) is 3.93. The molecule has 23 heavy (non-hydrogen) atoms. The first-order valence-corrected chi connectivity index (χ1v) is 8.14. The zero-order chi connectivity index (χ0) is 17.7. The Morgan fingerprint density at radius 1 is 1.22 bits per heavy atom. The summed E-state index contributed by atoms with van der Waals surface area (Å²) in [5.41, 5.74) is -0.476. The normalized spacial score (nSPS) is 11.9. The summed E-state index contributed by atoms with van der Waals surface area (Å²) in [6.07, 6.45) is -4.35. The number of anilines is 1. The molecule has 0 aliphatic carbocycles. The van der Waals surface area contributed by atoms with Crippen molar-refractivity contribution in [3.05, 3.63) is 0 Å². The van der Waals surface area contributed by atoms with Crippen LogP contribution in [0.1, 0.15) is 20.8 Å². The molecule has 0 saturated carbocycles. The molecular formula is C11H16F3N5O2S2. The van der Waals surface area contributed by atoms with Crippen molar-refractivity contribution in [2.45, 2.75) is 36.8 Å². The van der Waals surface area contributed by atoms with Crippen LogP contribution < -0.4 is 16.0 Å². The first kappa shape index (κ1) is 19.5. The number of alkyl halides is 3. The largest absolute Gasteiger partial charge is 0.405 e. The SMILES string of the molecule is CC(C)(C)NC(=O)NC(=O)CSc1nnc(NCC(F)(F)F)s1. The lowest BCUT2D eigenvalue weighted by molar-refractivity contribution is -0.117. The molecule has 130 valence electrons. The molecule has 0 aliphatic rings. The number of aromatic nitrogens is 2. The zero-order valence-electron chi connectivity index (χ0n) is 12.6. The van der Waals surface area contributed by atoms with Crippen LogP contribution in [-0.4, -0.2) is 46.1 Å². The summed E-state index contributed by atoms with van der Waals surface area (Å²) in [4.78, 5) is 23.0. The van der Waals surface area contributed by atoms with E-state index >= 15 is 0 Å². The molecule has 1 aromatic rings. The van der Waals surface area contributed by atoms with Crippen LogP contribution in [0.15, 0.2) is 4.34 Å². The van der Waals surface area contributed by atoms with E-state index in [4.69, 9.17) is 0 Å². The average Bonchev–Trinajstić information content (AvgIpc) is 2.78. The second-order valence-electron chi connectivity index (χ2n) is 5.38. The van der Waals surface area contributed by atoms with E-state index in [1.807, 2.05) is 0 Å². The smallest absolute Gasteiger partial charge is 0.351 e. The summed E-state index contributed by atoms with van der Waals surface area (Å²) in [6.45, 7) is 4.09. The van der Waals surface area contributed by atoms with Gasteiger partial charge in [0.1, 0.15) is 6.54 Å². The van der Waals surface area contributed by atoms with Crippen molar-refractivity contribution in [2.75, 3.05) is 17.6 Å². The van der Waals surface area contributed by atoms with Crippen molar-refractivity contribution in [2.24, 2.45) is 0 Å². The van der Waals surface area contributed by atoms with Crippen LogP contribution in [-0.2, 0) is 4.79 Å². The first-order chi connectivity index (χ1) is 10.4. The van der Waals surface area contributed by atoms with Crippen molar-refractivity contribution in [1.82, 2.24) is 20.8 Å². The second kappa shape index (κ2) is 7.81. The van der Waals surface area contributed by atoms with Gasteiger partial charge in [-0.15, -0.1) is 10.2 Å². The number of urea groups is 1. The van der Waals surface area contributed by atoms with Crippen molar-refractivity contribution in [3.63, 3.8) is 0 Å². The molecular weight excluding hydrogens is 355 g/mol. The number of nitrogens with one attached hydrogen (secondary N) is 3. The Labute approximate surface area is 138 Å². The minimum absolute atomic E-state index is 0.00992. The molecule has 0 aromatic carbocycles. The quantitative estimate of drug-likeness (QED) is 0.687. The number of carbonyl (C=O) groups excluding carboxylic acids is 2. The molecule has 1 aromatic heterocycles. The molecule has 3 N–H and O–H groups in total. The van der Waals surface area contributed by atoms with Crippen LogP contribution in [0.4, 0.5) is 23.1 Å². The topological polar surface area (TPSA) is 96.0 Å². The Bertz CT molecular complexity index is 557. The zero-order valence-corrected chi connectivity index (χ0v) is 14.2. The van der Waals surface area contributed by atoms with Gasteiger partial charge in [0.2, 0.25) is 11.0 Å². The van der Waals surface area contributed by atoms with Gasteiger partial charge in [0.25, 0.3) is 0 Å². The lowest BCUT2D eigenvalue weighted by atomic mass is 10.1. The van der Waals surface area contributed by atoms with Crippen LogP contribution in [0.3, 0.4) is 0 Å². The molecule has 0 aliphatic heterocycles.